The molecule has 2 aromatic rings. The largest absolute Gasteiger partial charge is 0.331 e. The molecular formula is C17H13BrF3NO. The minimum Gasteiger partial charge on any atom is -0.331 e. The molecule has 1 aliphatic carbocycles. The van der Waals surface area contributed by atoms with Gasteiger partial charge in [-0.1, -0.05) is 6.07 Å². The van der Waals surface area contributed by atoms with Gasteiger partial charge in [-0.05, 0) is 53.0 Å². The molecule has 1 saturated carbocycles. The second kappa shape index (κ2) is 6.35. The summed E-state index contributed by atoms with van der Waals surface area (Å²) >= 11 is 3.18. The van der Waals surface area contributed by atoms with Gasteiger partial charge in [0.05, 0.1) is 5.56 Å². The van der Waals surface area contributed by atoms with Crippen LogP contribution in [0.1, 0.15) is 28.8 Å². The first-order chi connectivity index (χ1) is 11.0. The van der Waals surface area contributed by atoms with Crippen molar-refractivity contribution in [1.82, 2.24) is 4.90 Å². The summed E-state index contributed by atoms with van der Waals surface area (Å²) in [6.45, 7) is 0.0550. The van der Waals surface area contributed by atoms with Gasteiger partial charge >= 0.3 is 0 Å². The number of hydrogen-bond acceptors (Lipinski definition) is 1. The van der Waals surface area contributed by atoms with Crippen LogP contribution in [0.4, 0.5) is 13.2 Å². The van der Waals surface area contributed by atoms with Crippen molar-refractivity contribution in [2.24, 2.45) is 0 Å². The number of amides is 1. The Kier molecular flexibility index (Phi) is 4.43. The number of hydrogen-bond donors (Lipinski definition) is 0. The van der Waals surface area contributed by atoms with Gasteiger partial charge in [0.25, 0.3) is 5.91 Å². The van der Waals surface area contributed by atoms with E-state index in [4.69, 9.17) is 0 Å². The summed E-state index contributed by atoms with van der Waals surface area (Å²) in [4.78, 5) is 14.3. The van der Waals surface area contributed by atoms with Crippen LogP contribution in [0.2, 0.25) is 0 Å². The molecule has 0 saturated heterocycles. The molecule has 0 heterocycles. The van der Waals surface area contributed by atoms with E-state index < -0.39 is 17.5 Å². The van der Waals surface area contributed by atoms with E-state index in [2.05, 4.69) is 15.9 Å². The van der Waals surface area contributed by atoms with Gasteiger partial charge in [0.15, 0.2) is 0 Å². The number of halogens is 4. The van der Waals surface area contributed by atoms with Gasteiger partial charge in [0, 0.05) is 28.7 Å². The average Bonchev–Trinajstić information content (AvgIpc) is 3.30. The zero-order valence-corrected chi connectivity index (χ0v) is 13.6. The predicted octanol–water partition coefficient (Wildman–Crippen LogP) is 4.67. The summed E-state index contributed by atoms with van der Waals surface area (Å²) in [5.41, 5.74) is 0.575. The van der Waals surface area contributed by atoms with Crippen LogP contribution < -0.4 is 0 Å². The molecule has 1 fully saturated rings. The second-order valence-corrected chi connectivity index (χ2v) is 6.38. The maximum atomic E-state index is 13.9. The molecule has 0 unspecified atom stereocenters. The number of nitrogens with zero attached hydrogens (tertiary/aromatic N) is 1. The number of rotatable bonds is 4. The molecule has 0 atom stereocenters. The smallest absolute Gasteiger partial charge is 0.255 e. The summed E-state index contributed by atoms with van der Waals surface area (Å²) < 4.78 is 40.4. The Labute approximate surface area is 140 Å². The number of benzene rings is 2. The Balaban J connectivity index is 1.88. The van der Waals surface area contributed by atoms with Crippen LogP contribution in [0.3, 0.4) is 0 Å². The standard InChI is InChI=1S/C17H13BrF3NO/c18-15-7-11(19)3-6-14(15)17(23)22(13-4-5-13)9-10-1-2-12(20)8-16(10)21/h1-3,6-8,13H,4-5,9H2. The van der Waals surface area contributed by atoms with Crippen molar-refractivity contribution in [3.8, 4) is 0 Å². The normalized spacial score (nSPS) is 13.9. The van der Waals surface area contributed by atoms with Crippen molar-refractivity contribution in [3.63, 3.8) is 0 Å². The third kappa shape index (κ3) is 3.58. The molecule has 0 N–H and O–H groups in total. The fourth-order valence-corrected chi connectivity index (χ4v) is 2.92. The van der Waals surface area contributed by atoms with Crippen molar-refractivity contribution >= 4 is 21.8 Å². The molecule has 2 aromatic carbocycles. The highest BCUT2D eigenvalue weighted by Gasteiger charge is 2.34. The third-order valence-electron chi connectivity index (χ3n) is 3.77. The van der Waals surface area contributed by atoms with Gasteiger partial charge in [-0.15, -0.1) is 0 Å². The fraction of sp³-hybridized carbons (Fsp3) is 0.235. The Morgan fingerprint density at radius 1 is 1.09 bits per heavy atom. The van der Waals surface area contributed by atoms with E-state index in [-0.39, 0.29) is 24.1 Å². The van der Waals surface area contributed by atoms with E-state index in [1.807, 2.05) is 0 Å². The van der Waals surface area contributed by atoms with E-state index in [1.54, 1.807) is 4.90 Å². The monoisotopic (exact) mass is 383 g/mol. The van der Waals surface area contributed by atoms with Crippen LogP contribution in [0.15, 0.2) is 40.9 Å². The van der Waals surface area contributed by atoms with Crippen LogP contribution in [-0.2, 0) is 6.54 Å². The SMILES string of the molecule is O=C(c1ccc(F)cc1Br)N(Cc1ccc(F)cc1F)C1CC1. The van der Waals surface area contributed by atoms with Crippen molar-refractivity contribution < 1.29 is 18.0 Å². The first-order valence-corrected chi connectivity index (χ1v) is 7.95. The molecule has 0 bridgehead atoms. The summed E-state index contributed by atoms with van der Waals surface area (Å²) in [6.07, 6.45) is 1.68. The molecular weight excluding hydrogens is 371 g/mol. The zero-order valence-electron chi connectivity index (χ0n) is 12.0. The summed E-state index contributed by atoms with van der Waals surface area (Å²) in [5.74, 6) is -2.09. The van der Waals surface area contributed by atoms with E-state index in [0.717, 1.165) is 18.9 Å². The summed E-state index contributed by atoms with van der Waals surface area (Å²) in [5, 5.41) is 0. The number of carbonyl (C=O) groups is 1. The first kappa shape index (κ1) is 16.1. The number of carbonyl (C=O) groups excluding carboxylic acids is 1. The highest BCUT2D eigenvalue weighted by atomic mass is 79.9. The lowest BCUT2D eigenvalue weighted by molar-refractivity contribution is 0.0727. The van der Waals surface area contributed by atoms with Gasteiger partial charge < -0.3 is 4.90 Å². The molecule has 120 valence electrons. The van der Waals surface area contributed by atoms with Gasteiger partial charge in [-0.2, -0.15) is 0 Å². The molecule has 23 heavy (non-hydrogen) atoms. The second-order valence-electron chi connectivity index (χ2n) is 5.52. The highest BCUT2D eigenvalue weighted by Crippen LogP contribution is 2.32. The van der Waals surface area contributed by atoms with Crippen molar-refractivity contribution in [3.05, 3.63) is 69.4 Å². The molecule has 1 aliphatic rings. The van der Waals surface area contributed by atoms with E-state index in [0.29, 0.717) is 10.0 Å². The predicted molar refractivity (Wildman–Crippen MR) is 83.4 cm³/mol. The van der Waals surface area contributed by atoms with Crippen molar-refractivity contribution in [2.75, 3.05) is 0 Å². The Hall–Kier alpha value is -1.82. The lowest BCUT2D eigenvalue weighted by Gasteiger charge is -2.23. The van der Waals surface area contributed by atoms with E-state index in [1.165, 1.54) is 30.3 Å². The molecule has 0 aliphatic heterocycles. The van der Waals surface area contributed by atoms with Gasteiger partial charge in [0.1, 0.15) is 17.5 Å². The third-order valence-corrected chi connectivity index (χ3v) is 4.42. The fourth-order valence-electron chi connectivity index (χ4n) is 2.40. The maximum Gasteiger partial charge on any atom is 0.255 e. The van der Waals surface area contributed by atoms with Crippen LogP contribution in [-0.4, -0.2) is 16.8 Å². The minimum atomic E-state index is -0.679. The Morgan fingerprint density at radius 2 is 1.74 bits per heavy atom. The van der Waals surface area contributed by atoms with Crippen LogP contribution >= 0.6 is 15.9 Å². The summed E-state index contributed by atoms with van der Waals surface area (Å²) in [6, 6.07) is 7.17. The van der Waals surface area contributed by atoms with E-state index >= 15 is 0 Å². The molecule has 1 amide bonds. The first-order valence-electron chi connectivity index (χ1n) is 7.15. The molecule has 0 radical (unpaired) electrons. The van der Waals surface area contributed by atoms with Crippen LogP contribution in [0, 0.1) is 17.5 Å². The van der Waals surface area contributed by atoms with Gasteiger partial charge in [-0.3, -0.25) is 4.79 Å². The molecule has 3 rings (SSSR count). The zero-order chi connectivity index (χ0) is 16.6. The van der Waals surface area contributed by atoms with Crippen LogP contribution in [0.25, 0.3) is 0 Å². The van der Waals surface area contributed by atoms with Crippen LogP contribution in [0.5, 0.6) is 0 Å². The Bertz CT molecular complexity index is 761. The lowest BCUT2D eigenvalue weighted by Crippen LogP contribution is -2.33. The molecule has 6 heteroatoms. The summed E-state index contributed by atoms with van der Waals surface area (Å²) in [7, 11) is 0. The van der Waals surface area contributed by atoms with E-state index in [9.17, 15) is 18.0 Å². The quantitative estimate of drug-likeness (QED) is 0.750. The van der Waals surface area contributed by atoms with Crippen molar-refractivity contribution in [2.45, 2.75) is 25.4 Å². The average molecular weight is 384 g/mol. The minimum absolute atomic E-state index is 0.0314. The lowest BCUT2D eigenvalue weighted by atomic mass is 10.1. The molecule has 0 aromatic heterocycles. The topological polar surface area (TPSA) is 20.3 Å². The molecule has 2 nitrogen and oxygen atoms in total. The maximum absolute atomic E-state index is 13.9. The van der Waals surface area contributed by atoms with Gasteiger partial charge in [0.2, 0.25) is 0 Å². The Morgan fingerprint density at radius 3 is 2.35 bits per heavy atom. The highest BCUT2D eigenvalue weighted by molar-refractivity contribution is 9.10. The van der Waals surface area contributed by atoms with Gasteiger partial charge in [-0.25, -0.2) is 13.2 Å². The molecule has 0 spiro atoms. The van der Waals surface area contributed by atoms with Crippen molar-refractivity contribution in [1.29, 1.82) is 0 Å².